The number of aliphatic hydroxyl groups is 1. The first-order valence-electron chi connectivity index (χ1n) is 5.70. The van der Waals surface area contributed by atoms with E-state index in [0.29, 0.717) is 0 Å². The summed E-state index contributed by atoms with van der Waals surface area (Å²) in [6.07, 6.45) is -0.643. The zero-order chi connectivity index (χ0) is 13.3. The molecular formula is C15H14BrClO. The van der Waals surface area contributed by atoms with Crippen molar-refractivity contribution >= 4 is 27.5 Å². The topological polar surface area (TPSA) is 20.2 Å². The highest BCUT2D eigenvalue weighted by atomic mass is 79.9. The van der Waals surface area contributed by atoms with Gasteiger partial charge in [0.25, 0.3) is 0 Å². The lowest BCUT2D eigenvalue weighted by atomic mass is 9.98. The van der Waals surface area contributed by atoms with Gasteiger partial charge in [-0.15, -0.1) is 0 Å². The molecule has 0 aliphatic heterocycles. The summed E-state index contributed by atoms with van der Waals surface area (Å²) in [5, 5.41) is 11.2. The number of halogens is 2. The van der Waals surface area contributed by atoms with E-state index in [1.54, 1.807) is 0 Å². The van der Waals surface area contributed by atoms with Gasteiger partial charge >= 0.3 is 0 Å². The molecule has 18 heavy (non-hydrogen) atoms. The molecule has 0 fully saturated rings. The fraction of sp³-hybridized carbons (Fsp3) is 0.200. The minimum atomic E-state index is -0.643. The Labute approximate surface area is 121 Å². The molecule has 0 amide bonds. The second-order valence-corrected chi connectivity index (χ2v) is 5.63. The molecule has 0 bridgehead atoms. The zero-order valence-corrected chi connectivity index (χ0v) is 12.6. The number of aliphatic hydroxyl groups excluding tert-OH is 1. The summed E-state index contributed by atoms with van der Waals surface area (Å²) in [6, 6.07) is 11.5. The molecule has 2 aromatic carbocycles. The molecule has 0 aromatic heterocycles. The highest BCUT2D eigenvalue weighted by Crippen LogP contribution is 2.31. The van der Waals surface area contributed by atoms with Crippen molar-refractivity contribution in [1.29, 1.82) is 0 Å². The molecule has 0 saturated carbocycles. The normalized spacial score (nSPS) is 12.5. The van der Waals surface area contributed by atoms with Crippen LogP contribution in [0.2, 0.25) is 5.02 Å². The van der Waals surface area contributed by atoms with Crippen molar-refractivity contribution in [3.63, 3.8) is 0 Å². The monoisotopic (exact) mass is 324 g/mol. The van der Waals surface area contributed by atoms with Crippen molar-refractivity contribution in [2.75, 3.05) is 0 Å². The van der Waals surface area contributed by atoms with E-state index in [4.69, 9.17) is 11.6 Å². The summed E-state index contributed by atoms with van der Waals surface area (Å²) in [4.78, 5) is 0. The molecule has 2 rings (SSSR count). The number of benzene rings is 2. The van der Waals surface area contributed by atoms with Gasteiger partial charge in [0, 0.05) is 9.50 Å². The van der Waals surface area contributed by atoms with Crippen LogP contribution in [0.1, 0.15) is 28.4 Å². The molecule has 1 unspecified atom stereocenters. The van der Waals surface area contributed by atoms with Crippen molar-refractivity contribution in [2.45, 2.75) is 20.0 Å². The molecule has 3 heteroatoms. The molecule has 1 atom stereocenters. The first kappa shape index (κ1) is 13.6. The Morgan fingerprint density at radius 1 is 1.11 bits per heavy atom. The molecule has 94 valence electrons. The number of rotatable bonds is 2. The van der Waals surface area contributed by atoms with Crippen molar-refractivity contribution < 1.29 is 5.11 Å². The summed E-state index contributed by atoms with van der Waals surface area (Å²) in [5.41, 5.74) is 3.69. The van der Waals surface area contributed by atoms with Crippen LogP contribution in [0, 0.1) is 13.8 Å². The van der Waals surface area contributed by atoms with Gasteiger partial charge in [-0.3, -0.25) is 0 Å². The largest absolute Gasteiger partial charge is 0.384 e. The number of aryl methyl sites for hydroxylation is 2. The van der Waals surface area contributed by atoms with Crippen molar-refractivity contribution in [2.24, 2.45) is 0 Å². The second-order valence-electron chi connectivity index (χ2n) is 4.39. The maximum absolute atomic E-state index is 10.4. The molecule has 0 radical (unpaired) electrons. The molecular weight excluding hydrogens is 312 g/mol. The molecule has 0 saturated heterocycles. The molecule has 2 aromatic rings. The number of hydrogen-bond acceptors (Lipinski definition) is 1. The summed E-state index contributed by atoms with van der Waals surface area (Å²) in [5.74, 6) is 0. The van der Waals surface area contributed by atoms with Crippen molar-refractivity contribution in [3.05, 3.63) is 68.1 Å². The third kappa shape index (κ3) is 2.61. The molecule has 1 N–H and O–H groups in total. The lowest BCUT2D eigenvalue weighted by Crippen LogP contribution is -2.02. The highest BCUT2D eigenvalue weighted by molar-refractivity contribution is 9.10. The van der Waals surface area contributed by atoms with E-state index in [0.717, 1.165) is 31.7 Å². The van der Waals surface area contributed by atoms with E-state index < -0.39 is 6.10 Å². The van der Waals surface area contributed by atoms with Gasteiger partial charge in [-0.1, -0.05) is 57.9 Å². The van der Waals surface area contributed by atoms with Crippen LogP contribution in [0.4, 0.5) is 0 Å². The summed E-state index contributed by atoms with van der Waals surface area (Å²) < 4.78 is 0.905. The van der Waals surface area contributed by atoms with Crippen LogP contribution in [-0.2, 0) is 0 Å². The first-order valence-corrected chi connectivity index (χ1v) is 6.87. The lowest BCUT2D eigenvalue weighted by molar-refractivity contribution is 0.219. The van der Waals surface area contributed by atoms with Gasteiger partial charge in [-0.05, 0) is 42.2 Å². The first-order chi connectivity index (χ1) is 8.50. The Kier molecular flexibility index (Phi) is 4.10. The smallest absolute Gasteiger partial charge is 0.105 e. The van der Waals surface area contributed by atoms with Gasteiger partial charge in [-0.25, -0.2) is 0 Å². The zero-order valence-electron chi connectivity index (χ0n) is 10.2. The molecule has 0 heterocycles. The van der Waals surface area contributed by atoms with Crippen LogP contribution in [-0.4, -0.2) is 5.11 Å². The van der Waals surface area contributed by atoms with E-state index >= 15 is 0 Å². The molecule has 0 aliphatic carbocycles. The van der Waals surface area contributed by atoms with Gasteiger partial charge in [0.2, 0.25) is 0 Å². The predicted molar refractivity (Wildman–Crippen MR) is 79.1 cm³/mol. The van der Waals surface area contributed by atoms with Crippen LogP contribution in [0.5, 0.6) is 0 Å². The van der Waals surface area contributed by atoms with Gasteiger partial charge < -0.3 is 5.11 Å². The number of hydrogen-bond donors (Lipinski definition) is 1. The van der Waals surface area contributed by atoms with E-state index in [1.807, 2.05) is 50.2 Å². The standard InChI is InChI=1S/C15H14BrClO/c1-9-7-11(8-10(2)14(9)17)15(18)12-5-3-4-6-13(12)16/h3-8,15,18H,1-2H3. The summed E-state index contributed by atoms with van der Waals surface area (Å²) in [6.45, 7) is 3.90. The molecule has 0 spiro atoms. The van der Waals surface area contributed by atoms with Gasteiger partial charge in [-0.2, -0.15) is 0 Å². The maximum Gasteiger partial charge on any atom is 0.105 e. The second kappa shape index (κ2) is 5.43. The summed E-state index contributed by atoms with van der Waals surface area (Å²) in [7, 11) is 0. The average molecular weight is 326 g/mol. The fourth-order valence-electron chi connectivity index (χ4n) is 2.01. The quantitative estimate of drug-likeness (QED) is 0.841. The third-order valence-electron chi connectivity index (χ3n) is 2.97. The minimum absolute atomic E-state index is 0.643. The van der Waals surface area contributed by atoms with Crippen LogP contribution in [0.15, 0.2) is 40.9 Å². The van der Waals surface area contributed by atoms with Crippen molar-refractivity contribution in [3.8, 4) is 0 Å². The molecule has 1 nitrogen and oxygen atoms in total. The predicted octanol–water partition coefficient (Wildman–Crippen LogP) is 4.80. The third-order valence-corrected chi connectivity index (χ3v) is 4.29. The molecule has 0 aliphatic rings. The Morgan fingerprint density at radius 2 is 1.67 bits per heavy atom. The van der Waals surface area contributed by atoms with Crippen LogP contribution >= 0.6 is 27.5 Å². The van der Waals surface area contributed by atoms with E-state index in [9.17, 15) is 5.11 Å². The fourth-order valence-corrected chi connectivity index (χ4v) is 2.62. The van der Waals surface area contributed by atoms with Gasteiger partial charge in [0.15, 0.2) is 0 Å². The Bertz CT molecular complexity index is 557. The minimum Gasteiger partial charge on any atom is -0.384 e. The van der Waals surface area contributed by atoms with Crippen LogP contribution in [0.25, 0.3) is 0 Å². The van der Waals surface area contributed by atoms with E-state index in [-0.39, 0.29) is 0 Å². The van der Waals surface area contributed by atoms with E-state index in [1.165, 1.54) is 0 Å². The lowest BCUT2D eigenvalue weighted by Gasteiger charge is -2.15. The van der Waals surface area contributed by atoms with Crippen LogP contribution < -0.4 is 0 Å². The summed E-state index contributed by atoms with van der Waals surface area (Å²) >= 11 is 9.60. The van der Waals surface area contributed by atoms with E-state index in [2.05, 4.69) is 15.9 Å². The Balaban J connectivity index is 2.47. The highest BCUT2D eigenvalue weighted by Gasteiger charge is 2.15. The Morgan fingerprint density at radius 3 is 2.22 bits per heavy atom. The van der Waals surface area contributed by atoms with Gasteiger partial charge in [0.05, 0.1) is 0 Å². The Hall–Kier alpha value is -0.830. The maximum atomic E-state index is 10.4. The average Bonchev–Trinajstić information content (AvgIpc) is 2.35. The SMILES string of the molecule is Cc1cc(C(O)c2ccccc2Br)cc(C)c1Cl. The van der Waals surface area contributed by atoms with Gasteiger partial charge in [0.1, 0.15) is 6.10 Å². The van der Waals surface area contributed by atoms with Crippen LogP contribution in [0.3, 0.4) is 0 Å². The van der Waals surface area contributed by atoms with Crippen molar-refractivity contribution in [1.82, 2.24) is 0 Å².